The summed E-state index contributed by atoms with van der Waals surface area (Å²) in [5.74, 6) is 2.40. The Morgan fingerprint density at radius 2 is 1.91 bits per heavy atom. The first kappa shape index (κ1) is 13.8. The van der Waals surface area contributed by atoms with Crippen molar-refractivity contribution in [3.63, 3.8) is 0 Å². The molecular formula is C15H12N6OS. The Bertz CT molecular complexity index is 935. The molecule has 0 atom stereocenters. The van der Waals surface area contributed by atoms with Crippen molar-refractivity contribution < 1.29 is 4.42 Å². The van der Waals surface area contributed by atoms with Crippen LogP contribution < -0.4 is 5.73 Å². The van der Waals surface area contributed by atoms with Crippen LogP contribution in [0.5, 0.6) is 0 Å². The van der Waals surface area contributed by atoms with Crippen LogP contribution in [0.1, 0.15) is 5.56 Å². The Labute approximate surface area is 135 Å². The molecule has 3 aromatic heterocycles. The molecular weight excluding hydrogens is 312 g/mol. The first-order chi connectivity index (χ1) is 11.3. The highest BCUT2D eigenvalue weighted by atomic mass is 32.2. The third-order valence-corrected chi connectivity index (χ3v) is 4.08. The lowest BCUT2D eigenvalue weighted by Crippen LogP contribution is -2.05. The first-order valence-electron chi connectivity index (χ1n) is 6.90. The molecule has 0 saturated heterocycles. The zero-order valence-electron chi connectivity index (χ0n) is 12.0. The number of nitrogens with zero attached hydrogens (tertiary/aromatic N) is 5. The van der Waals surface area contributed by atoms with E-state index < -0.39 is 0 Å². The normalized spacial score (nSPS) is 11.1. The second-order valence-corrected chi connectivity index (χ2v) is 5.71. The van der Waals surface area contributed by atoms with Gasteiger partial charge in [-0.15, -0.1) is 5.10 Å². The largest absolute Gasteiger partial charge is 0.461 e. The molecule has 0 aliphatic carbocycles. The first-order valence-corrected chi connectivity index (χ1v) is 7.89. The smallest absolute Gasteiger partial charge is 0.258 e. The molecule has 0 aliphatic rings. The molecule has 114 valence electrons. The lowest BCUT2D eigenvalue weighted by atomic mass is 10.2. The Morgan fingerprint density at radius 3 is 2.70 bits per heavy atom. The SMILES string of the molecule is Nc1nc(SCc2ccccc2)nc2nc(-c3ccco3)nn12. The van der Waals surface area contributed by atoms with Gasteiger partial charge in [0.15, 0.2) is 10.9 Å². The zero-order valence-corrected chi connectivity index (χ0v) is 12.8. The van der Waals surface area contributed by atoms with Crippen molar-refractivity contribution in [3.05, 3.63) is 54.3 Å². The van der Waals surface area contributed by atoms with Gasteiger partial charge in [-0.05, 0) is 17.7 Å². The summed E-state index contributed by atoms with van der Waals surface area (Å²) in [6.45, 7) is 0. The van der Waals surface area contributed by atoms with E-state index in [0.29, 0.717) is 22.5 Å². The highest BCUT2D eigenvalue weighted by Crippen LogP contribution is 2.22. The number of aromatic nitrogens is 5. The lowest BCUT2D eigenvalue weighted by Gasteiger charge is -2.02. The maximum absolute atomic E-state index is 5.96. The van der Waals surface area contributed by atoms with Crippen LogP contribution in [0.15, 0.2) is 58.3 Å². The van der Waals surface area contributed by atoms with Gasteiger partial charge in [0.2, 0.25) is 11.8 Å². The van der Waals surface area contributed by atoms with Crippen LogP contribution in [0.4, 0.5) is 5.95 Å². The number of fused-ring (bicyclic) bond motifs is 1. The number of rotatable bonds is 4. The summed E-state index contributed by atoms with van der Waals surface area (Å²) in [6, 6.07) is 13.7. The van der Waals surface area contributed by atoms with Gasteiger partial charge in [-0.1, -0.05) is 42.1 Å². The van der Waals surface area contributed by atoms with E-state index in [1.54, 1.807) is 18.4 Å². The maximum atomic E-state index is 5.96. The molecule has 0 radical (unpaired) electrons. The monoisotopic (exact) mass is 324 g/mol. The number of thioether (sulfide) groups is 1. The fourth-order valence-electron chi connectivity index (χ4n) is 2.08. The minimum Gasteiger partial charge on any atom is -0.461 e. The van der Waals surface area contributed by atoms with Crippen molar-refractivity contribution >= 4 is 23.5 Å². The molecule has 0 fully saturated rings. The van der Waals surface area contributed by atoms with Crippen LogP contribution in [0.25, 0.3) is 17.4 Å². The van der Waals surface area contributed by atoms with Crippen molar-refractivity contribution in [2.24, 2.45) is 0 Å². The van der Waals surface area contributed by atoms with E-state index in [9.17, 15) is 0 Å². The standard InChI is InChI=1S/C15H12N6OS/c16-13-18-15(23-9-10-5-2-1-3-6-10)19-14-17-12(20-21(13)14)11-7-4-8-22-11/h1-8H,9H2,(H2,16,17,18,19,20). The lowest BCUT2D eigenvalue weighted by molar-refractivity contribution is 0.577. The molecule has 7 nitrogen and oxygen atoms in total. The summed E-state index contributed by atoms with van der Waals surface area (Å²) in [7, 11) is 0. The van der Waals surface area contributed by atoms with E-state index in [0.717, 1.165) is 5.75 Å². The number of nitrogen functional groups attached to an aromatic ring is 1. The Hall–Kier alpha value is -2.87. The van der Waals surface area contributed by atoms with E-state index in [-0.39, 0.29) is 5.95 Å². The van der Waals surface area contributed by atoms with Gasteiger partial charge in [-0.3, -0.25) is 0 Å². The predicted molar refractivity (Wildman–Crippen MR) is 86.7 cm³/mol. The van der Waals surface area contributed by atoms with Crippen LogP contribution >= 0.6 is 11.8 Å². The molecule has 23 heavy (non-hydrogen) atoms. The second kappa shape index (κ2) is 5.73. The number of nitrogens with two attached hydrogens (primary N) is 1. The molecule has 0 spiro atoms. The average Bonchev–Trinajstić information content (AvgIpc) is 3.23. The van der Waals surface area contributed by atoms with Gasteiger partial charge in [0.1, 0.15) is 0 Å². The van der Waals surface area contributed by atoms with E-state index in [2.05, 4.69) is 32.2 Å². The van der Waals surface area contributed by atoms with E-state index in [1.807, 2.05) is 18.2 Å². The Morgan fingerprint density at radius 1 is 1.04 bits per heavy atom. The summed E-state index contributed by atoms with van der Waals surface area (Å²) >= 11 is 1.50. The molecule has 0 aliphatic heterocycles. The summed E-state index contributed by atoms with van der Waals surface area (Å²) in [5, 5.41) is 4.83. The fraction of sp³-hybridized carbons (Fsp3) is 0.0667. The molecule has 3 heterocycles. The fourth-order valence-corrected chi connectivity index (χ4v) is 2.88. The van der Waals surface area contributed by atoms with Crippen LogP contribution in [-0.2, 0) is 5.75 Å². The summed E-state index contributed by atoms with van der Waals surface area (Å²) in [6.07, 6.45) is 1.57. The van der Waals surface area contributed by atoms with Crippen molar-refractivity contribution in [1.29, 1.82) is 0 Å². The third-order valence-electron chi connectivity index (χ3n) is 3.17. The minimum absolute atomic E-state index is 0.246. The molecule has 4 rings (SSSR count). The predicted octanol–water partition coefficient (Wildman–Crippen LogP) is 2.65. The molecule has 0 amide bonds. The van der Waals surface area contributed by atoms with Gasteiger partial charge in [-0.2, -0.15) is 19.5 Å². The van der Waals surface area contributed by atoms with Crippen molar-refractivity contribution in [2.45, 2.75) is 10.9 Å². The molecule has 4 aromatic rings. The van der Waals surface area contributed by atoms with Gasteiger partial charge >= 0.3 is 0 Å². The number of benzene rings is 1. The van der Waals surface area contributed by atoms with Crippen molar-refractivity contribution in [2.75, 3.05) is 5.73 Å². The van der Waals surface area contributed by atoms with Crippen LogP contribution in [0.3, 0.4) is 0 Å². The van der Waals surface area contributed by atoms with Crippen LogP contribution in [-0.4, -0.2) is 24.6 Å². The number of hydrogen-bond acceptors (Lipinski definition) is 7. The molecule has 0 unspecified atom stereocenters. The Balaban J connectivity index is 1.64. The number of furan rings is 1. The molecule has 2 N–H and O–H groups in total. The molecule has 0 bridgehead atoms. The molecule has 1 aromatic carbocycles. The van der Waals surface area contributed by atoms with E-state index >= 15 is 0 Å². The molecule has 8 heteroatoms. The van der Waals surface area contributed by atoms with Gasteiger partial charge in [0.25, 0.3) is 5.78 Å². The number of anilines is 1. The second-order valence-electron chi connectivity index (χ2n) is 4.76. The average molecular weight is 324 g/mol. The highest BCUT2D eigenvalue weighted by molar-refractivity contribution is 7.98. The van der Waals surface area contributed by atoms with Gasteiger partial charge in [-0.25, -0.2) is 0 Å². The summed E-state index contributed by atoms with van der Waals surface area (Å²) in [5.41, 5.74) is 7.15. The summed E-state index contributed by atoms with van der Waals surface area (Å²) in [4.78, 5) is 13.0. The van der Waals surface area contributed by atoms with Crippen LogP contribution in [0, 0.1) is 0 Å². The van der Waals surface area contributed by atoms with Gasteiger partial charge in [0, 0.05) is 5.75 Å². The van der Waals surface area contributed by atoms with Gasteiger partial charge < -0.3 is 10.2 Å². The van der Waals surface area contributed by atoms with E-state index in [4.69, 9.17) is 10.2 Å². The highest BCUT2D eigenvalue weighted by Gasteiger charge is 2.13. The maximum Gasteiger partial charge on any atom is 0.258 e. The number of hydrogen-bond donors (Lipinski definition) is 1. The topological polar surface area (TPSA) is 95.1 Å². The third kappa shape index (κ3) is 2.76. The van der Waals surface area contributed by atoms with Crippen molar-refractivity contribution in [1.82, 2.24) is 24.6 Å². The van der Waals surface area contributed by atoms with Crippen LogP contribution in [0.2, 0.25) is 0 Å². The Kier molecular flexibility index (Phi) is 3.43. The quantitative estimate of drug-likeness (QED) is 0.576. The van der Waals surface area contributed by atoms with Crippen molar-refractivity contribution in [3.8, 4) is 11.6 Å². The summed E-state index contributed by atoms with van der Waals surface area (Å²) < 4.78 is 6.70. The zero-order chi connectivity index (χ0) is 15.6. The molecule has 0 saturated carbocycles. The minimum atomic E-state index is 0.246. The van der Waals surface area contributed by atoms with E-state index in [1.165, 1.54) is 21.8 Å². The van der Waals surface area contributed by atoms with Gasteiger partial charge in [0.05, 0.1) is 6.26 Å².